The first-order valence-corrected chi connectivity index (χ1v) is 8.27. The van der Waals surface area contributed by atoms with E-state index >= 15 is 0 Å². The summed E-state index contributed by atoms with van der Waals surface area (Å²) in [5.74, 6) is 0.226. The van der Waals surface area contributed by atoms with Crippen LogP contribution in [-0.2, 0) is 16.6 Å². The second-order valence-electron chi connectivity index (χ2n) is 6.70. The molecule has 1 aliphatic heterocycles. The Balaban J connectivity index is 1.58. The van der Waals surface area contributed by atoms with Crippen molar-refractivity contribution in [3.8, 4) is 5.75 Å². The number of aromatic hydroxyl groups is 1. The molecule has 126 valence electrons. The van der Waals surface area contributed by atoms with Crippen molar-refractivity contribution < 1.29 is 14.7 Å². The Morgan fingerprint density at radius 3 is 2.70 bits per heavy atom. The molecule has 1 aromatic rings. The van der Waals surface area contributed by atoms with Gasteiger partial charge in [0.25, 0.3) is 0 Å². The Morgan fingerprint density at radius 2 is 2.09 bits per heavy atom. The third-order valence-corrected chi connectivity index (χ3v) is 4.64. The number of carbonyl (C=O) groups excluding carboxylic acids is 2. The number of likely N-dealkylation sites (tertiary alicyclic amines) is 1. The van der Waals surface area contributed by atoms with Crippen LogP contribution in [0, 0.1) is 11.8 Å². The zero-order chi connectivity index (χ0) is 16.6. The maximum Gasteiger partial charge on any atom is 0.225 e. The van der Waals surface area contributed by atoms with E-state index in [-0.39, 0.29) is 35.4 Å². The molecule has 2 N–H and O–H groups in total. The van der Waals surface area contributed by atoms with E-state index < -0.39 is 0 Å². The van der Waals surface area contributed by atoms with Gasteiger partial charge in [0, 0.05) is 26.1 Å². The molecule has 0 radical (unpaired) electrons. The zero-order valence-corrected chi connectivity index (χ0v) is 13.7. The van der Waals surface area contributed by atoms with E-state index in [1.54, 1.807) is 14.0 Å². The van der Waals surface area contributed by atoms with Crippen molar-refractivity contribution in [3.63, 3.8) is 0 Å². The number of piperidine rings is 1. The van der Waals surface area contributed by atoms with Crippen molar-refractivity contribution in [2.45, 2.75) is 38.6 Å². The van der Waals surface area contributed by atoms with Gasteiger partial charge in [-0.25, -0.2) is 0 Å². The highest BCUT2D eigenvalue weighted by molar-refractivity contribution is 5.83. The summed E-state index contributed by atoms with van der Waals surface area (Å²) in [6.45, 7) is 3.06. The molecule has 1 aromatic heterocycles. The third-order valence-electron chi connectivity index (χ3n) is 4.64. The van der Waals surface area contributed by atoms with Gasteiger partial charge in [-0.05, 0) is 32.6 Å². The van der Waals surface area contributed by atoms with E-state index in [4.69, 9.17) is 0 Å². The Morgan fingerprint density at radius 1 is 1.35 bits per heavy atom. The molecule has 2 atom stereocenters. The third kappa shape index (κ3) is 3.48. The van der Waals surface area contributed by atoms with E-state index in [0.717, 1.165) is 32.2 Å². The van der Waals surface area contributed by atoms with E-state index in [2.05, 4.69) is 10.4 Å². The number of rotatable bonds is 4. The van der Waals surface area contributed by atoms with Crippen LogP contribution in [-0.4, -0.2) is 44.7 Å². The second-order valence-corrected chi connectivity index (χ2v) is 6.70. The minimum absolute atomic E-state index is 0.0733. The Bertz CT molecular complexity index is 608. The van der Waals surface area contributed by atoms with Crippen LogP contribution < -0.4 is 5.32 Å². The molecule has 1 saturated carbocycles. The molecule has 0 aromatic carbocycles. The normalized spacial score (nSPS) is 22.7. The van der Waals surface area contributed by atoms with Crippen LogP contribution in [0.5, 0.6) is 5.75 Å². The highest BCUT2D eigenvalue weighted by Gasteiger charge is 2.37. The average Bonchev–Trinajstić information content (AvgIpc) is 3.31. The topological polar surface area (TPSA) is 87.5 Å². The molecule has 2 fully saturated rings. The minimum Gasteiger partial charge on any atom is -0.504 e. The average molecular weight is 320 g/mol. The number of aryl methyl sites for hydroxylation is 1. The van der Waals surface area contributed by atoms with Crippen LogP contribution in [0.25, 0.3) is 0 Å². The maximum absolute atomic E-state index is 12.5. The lowest BCUT2D eigenvalue weighted by molar-refractivity contribution is -0.137. The van der Waals surface area contributed by atoms with Crippen molar-refractivity contribution >= 4 is 11.8 Å². The number of aromatic nitrogens is 2. The summed E-state index contributed by atoms with van der Waals surface area (Å²) < 4.78 is 1.52. The fraction of sp³-hybridized carbons (Fsp3) is 0.688. The molecule has 3 rings (SSSR count). The molecule has 7 nitrogen and oxygen atoms in total. The monoisotopic (exact) mass is 320 g/mol. The molecule has 7 heteroatoms. The van der Waals surface area contributed by atoms with Gasteiger partial charge in [0.1, 0.15) is 5.69 Å². The van der Waals surface area contributed by atoms with Gasteiger partial charge in [0.15, 0.2) is 5.75 Å². The smallest absolute Gasteiger partial charge is 0.225 e. The minimum atomic E-state index is -0.363. The molecule has 0 bridgehead atoms. The van der Waals surface area contributed by atoms with E-state index in [0.29, 0.717) is 12.2 Å². The van der Waals surface area contributed by atoms with Crippen molar-refractivity contribution in [1.82, 2.24) is 20.0 Å². The molecule has 1 aliphatic carbocycles. The SMILES string of the molecule is CC(NC(=O)C1CCCN(C(=O)C2CC2)C1)c1nn(C)cc1O. The van der Waals surface area contributed by atoms with Crippen molar-refractivity contribution in [2.75, 3.05) is 13.1 Å². The maximum atomic E-state index is 12.5. The molecule has 2 amide bonds. The first-order chi connectivity index (χ1) is 11.0. The molecule has 2 unspecified atom stereocenters. The summed E-state index contributed by atoms with van der Waals surface area (Å²) in [4.78, 5) is 26.5. The standard InChI is InChI=1S/C16H24N4O3/c1-10(14-13(21)9-19(2)18-14)17-15(22)12-4-3-7-20(8-12)16(23)11-5-6-11/h9-12,21H,3-8H2,1-2H3,(H,17,22). The van der Waals surface area contributed by atoms with Crippen LogP contribution in [0.3, 0.4) is 0 Å². The summed E-state index contributed by atoms with van der Waals surface area (Å²) in [7, 11) is 1.72. The molecule has 2 aliphatic rings. The van der Waals surface area contributed by atoms with E-state index in [1.165, 1.54) is 10.9 Å². The molecule has 2 heterocycles. The quantitative estimate of drug-likeness (QED) is 0.865. The van der Waals surface area contributed by atoms with Gasteiger partial charge < -0.3 is 15.3 Å². The van der Waals surface area contributed by atoms with Gasteiger partial charge in [-0.2, -0.15) is 5.10 Å². The Hall–Kier alpha value is -2.05. The van der Waals surface area contributed by atoms with Crippen molar-refractivity contribution in [1.29, 1.82) is 0 Å². The van der Waals surface area contributed by atoms with Gasteiger partial charge in [0.2, 0.25) is 11.8 Å². The first kappa shape index (κ1) is 15.8. The molecule has 1 saturated heterocycles. The first-order valence-electron chi connectivity index (χ1n) is 8.27. The molecular formula is C16H24N4O3. The fourth-order valence-corrected chi connectivity index (χ4v) is 3.18. The van der Waals surface area contributed by atoms with Crippen LogP contribution in [0.1, 0.15) is 44.3 Å². The summed E-state index contributed by atoms with van der Waals surface area (Å²) in [5, 5.41) is 16.9. The summed E-state index contributed by atoms with van der Waals surface area (Å²) in [5.41, 5.74) is 0.461. The largest absolute Gasteiger partial charge is 0.504 e. The van der Waals surface area contributed by atoms with Crippen molar-refractivity contribution in [2.24, 2.45) is 18.9 Å². The van der Waals surface area contributed by atoms with Crippen LogP contribution in [0.15, 0.2) is 6.20 Å². The number of nitrogens with one attached hydrogen (secondary N) is 1. The van der Waals surface area contributed by atoms with Gasteiger partial charge in [-0.15, -0.1) is 0 Å². The van der Waals surface area contributed by atoms with Crippen LogP contribution in [0.4, 0.5) is 0 Å². The van der Waals surface area contributed by atoms with Gasteiger partial charge in [0.05, 0.1) is 18.2 Å². The van der Waals surface area contributed by atoms with Crippen LogP contribution in [0.2, 0.25) is 0 Å². The zero-order valence-electron chi connectivity index (χ0n) is 13.7. The van der Waals surface area contributed by atoms with E-state index in [1.807, 2.05) is 4.90 Å². The van der Waals surface area contributed by atoms with Crippen LogP contribution >= 0.6 is 0 Å². The predicted molar refractivity (Wildman–Crippen MR) is 83.5 cm³/mol. The van der Waals surface area contributed by atoms with Gasteiger partial charge >= 0.3 is 0 Å². The number of carbonyl (C=O) groups is 2. The Kier molecular flexibility index (Phi) is 4.28. The fourth-order valence-electron chi connectivity index (χ4n) is 3.18. The highest BCUT2D eigenvalue weighted by atomic mass is 16.3. The van der Waals surface area contributed by atoms with Crippen molar-refractivity contribution in [3.05, 3.63) is 11.9 Å². The Labute approximate surface area is 135 Å². The van der Waals surface area contributed by atoms with E-state index in [9.17, 15) is 14.7 Å². The number of nitrogens with zero attached hydrogens (tertiary/aromatic N) is 3. The second kappa shape index (κ2) is 6.22. The van der Waals surface area contributed by atoms with Gasteiger partial charge in [-0.1, -0.05) is 0 Å². The number of amides is 2. The predicted octanol–water partition coefficient (Wildman–Crippen LogP) is 0.951. The number of hydrogen-bond acceptors (Lipinski definition) is 4. The summed E-state index contributed by atoms with van der Waals surface area (Å²) >= 11 is 0. The lowest BCUT2D eigenvalue weighted by Crippen LogP contribution is -2.46. The van der Waals surface area contributed by atoms with Gasteiger partial charge in [-0.3, -0.25) is 14.3 Å². The summed E-state index contributed by atoms with van der Waals surface area (Å²) in [6, 6.07) is -0.363. The molecule has 23 heavy (non-hydrogen) atoms. The molecule has 0 spiro atoms. The summed E-state index contributed by atoms with van der Waals surface area (Å²) in [6.07, 6.45) is 5.14. The number of hydrogen-bond donors (Lipinski definition) is 2. The highest BCUT2D eigenvalue weighted by Crippen LogP contribution is 2.32. The lowest BCUT2D eigenvalue weighted by Gasteiger charge is -2.32. The molecular weight excluding hydrogens is 296 g/mol. The lowest BCUT2D eigenvalue weighted by atomic mass is 9.96.